The topological polar surface area (TPSA) is 25.8 Å². The minimum Gasteiger partial charge on any atom is -0.236 e. The number of rotatable bonds is 3. The van der Waals surface area contributed by atoms with Gasteiger partial charge in [0.1, 0.15) is 0 Å². The normalized spacial score (nSPS) is 11.2. The van der Waals surface area contributed by atoms with Gasteiger partial charge < -0.3 is 0 Å². The second-order valence-electron chi connectivity index (χ2n) is 5.55. The third kappa shape index (κ3) is 2.69. The highest BCUT2D eigenvalue weighted by atomic mass is 14.9. The summed E-state index contributed by atoms with van der Waals surface area (Å²) >= 11 is 0. The number of aromatic nitrogens is 2. The summed E-state index contributed by atoms with van der Waals surface area (Å²) in [6.45, 7) is 4.47. The number of hydrogen-bond donors (Lipinski definition) is 0. The average molecular weight is 262 g/mol. The van der Waals surface area contributed by atoms with E-state index in [1.807, 2.05) is 30.5 Å². The molecule has 0 N–H and O–H groups in total. The summed E-state index contributed by atoms with van der Waals surface area (Å²) in [6, 6.07) is 16.6. The Morgan fingerprint density at radius 3 is 2.45 bits per heavy atom. The standard InChI is InChI=1S/C18H18N2/c1-13(2)11-14-7-9-15(10-8-14)18-19-12-16-5-3-4-6-17(16)20-18/h3-10,12-13H,11H2,1-2H3. The lowest BCUT2D eigenvalue weighted by atomic mass is 10.0. The first kappa shape index (κ1) is 12.8. The Morgan fingerprint density at radius 2 is 1.70 bits per heavy atom. The molecule has 3 rings (SSSR count). The zero-order chi connectivity index (χ0) is 13.9. The average Bonchev–Trinajstić information content (AvgIpc) is 2.47. The van der Waals surface area contributed by atoms with Gasteiger partial charge in [-0.3, -0.25) is 0 Å². The molecule has 2 heteroatoms. The zero-order valence-corrected chi connectivity index (χ0v) is 11.9. The second-order valence-corrected chi connectivity index (χ2v) is 5.55. The molecule has 2 nitrogen and oxygen atoms in total. The molecule has 0 saturated carbocycles. The maximum Gasteiger partial charge on any atom is 0.159 e. The van der Waals surface area contributed by atoms with E-state index in [4.69, 9.17) is 0 Å². The van der Waals surface area contributed by atoms with Crippen LogP contribution in [-0.2, 0) is 6.42 Å². The maximum absolute atomic E-state index is 4.62. The molecule has 3 aromatic rings. The molecule has 0 radical (unpaired) electrons. The van der Waals surface area contributed by atoms with Crippen molar-refractivity contribution in [1.82, 2.24) is 9.97 Å². The maximum atomic E-state index is 4.62. The summed E-state index contributed by atoms with van der Waals surface area (Å²) in [6.07, 6.45) is 3.00. The number of nitrogens with zero attached hydrogens (tertiary/aromatic N) is 2. The molecule has 1 aromatic heterocycles. The SMILES string of the molecule is CC(C)Cc1ccc(-c2ncc3ccccc3n2)cc1. The molecule has 0 unspecified atom stereocenters. The van der Waals surface area contributed by atoms with Gasteiger partial charge in [0.05, 0.1) is 5.52 Å². The van der Waals surface area contributed by atoms with Gasteiger partial charge in [0.15, 0.2) is 5.82 Å². The van der Waals surface area contributed by atoms with E-state index in [0.717, 1.165) is 28.7 Å². The Labute approximate surface area is 119 Å². The molecule has 100 valence electrons. The summed E-state index contributed by atoms with van der Waals surface area (Å²) in [5.74, 6) is 1.47. The molecule has 0 aliphatic rings. The fourth-order valence-electron chi connectivity index (χ4n) is 2.37. The van der Waals surface area contributed by atoms with Crippen molar-refractivity contribution in [2.24, 2.45) is 5.92 Å². The van der Waals surface area contributed by atoms with Crippen LogP contribution in [0.3, 0.4) is 0 Å². The molecule has 0 amide bonds. The molecule has 0 aliphatic heterocycles. The number of hydrogen-bond acceptors (Lipinski definition) is 2. The summed E-state index contributed by atoms with van der Waals surface area (Å²) in [5, 5.41) is 1.08. The molecule has 1 heterocycles. The van der Waals surface area contributed by atoms with Crippen LogP contribution in [0.1, 0.15) is 19.4 Å². The largest absolute Gasteiger partial charge is 0.236 e. The predicted octanol–water partition coefficient (Wildman–Crippen LogP) is 4.50. The van der Waals surface area contributed by atoms with Gasteiger partial charge in [0.25, 0.3) is 0 Å². The first-order valence-electron chi connectivity index (χ1n) is 7.03. The van der Waals surface area contributed by atoms with Gasteiger partial charge in [-0.15, -0.1) is 0 Å². The van der Waals surface area contributed by atoms with Crippen molar-refractivity contribution in [1.29, 1.82) is 0 Å². The minimum absolute atomic E-state index is 0.678. The first-order valence-corrected chi connectivity index (χ1v) is 7.03. The third-order valence-electron chi connectivity index (χ3n) is 3.35. The lowest BCUT2D eigenvalue weighted by Crippen LogP contribution is -1.94. The summed E-state index contributed by atoms with van der Waals surface area (Å²) in [7, 11) is 0. The molecule has 0 bridgehead atoms. The molecule has 2 aromatic carbocycles. The van der Waals surface area contributed by atoms with Crippen molar-refractivity contribution < 1.29 is 0 Å². The minimum atomic E-state index is 0.678. The fraction of sp³-hybridized carbons (Fsp3) is 0.222. The van der Waals surface area contributed by atoms with Crippen molar-refractivity contribution in [2.75, 3.05) is 0 Å². The van der Waals surface area contributed by atoms with Gasteiger partial charge in [0.2, 0.25) is 0 Å². The molecule has 0 fully saturated rings. The van der Waals surface area contributed by atoms with E-state index in [9.17, 15) is 0 Å². The van der Waals surface area contributed by atoms with Crippen LogP contribution < -0.4 is 0 Å². The lowest BCUT2D eigenvalue weighted by molar-refractivity contribution is 0.647. The molecular formula is C18H18N2. The van der Waals surface area contributed by atoms with Crippen LogP contribution in [-0.4, -0.2) is 9.97 Å². The van der Waals surface area contributed by atoms with Gasteiger partial charge in [-0.05, 0) is 24.0 Å². The van der Waals surface area contributed by atoms with Gasteiger partial charge in [-0.25, -0.2) is 9.97 Å². The highest BCUT2D eigenvalue weighted by molar-refractivity contribution is 5.79. The number of fused-ring (bicyclic) bond motifs is 1. The van der Waals surface area contributed by atoms with Crippen molar-refractivity contribution in [3.63, 3.8) is 0 Å². The molecule has 0 spiro atoms. The molecule has 0 saturated heterocycles. The smallest absolute Gasteiger partial charge is 0.159 e. The van der Waals surface area contributed by atoms with Gasteiger partial charge in [-0.1, -0.05) is 56.3 Å². The molecule has 20 heavy (non-hydrogen) atoms. The second kappa shape index (κ2) is 5.41. The highest BCUT2D eigenvalue weighted by Gasteiger charge is 2.04. The van der Waals surface area contributed by atoms with E-state index in [2.05, 4.69) is 48.1 Å². The predicted molar refractivity (Wildman–Crippen MR) is 83.5 cm³/mol. The molecular weight excluding hydrogens is 244 g/mol. The van der Waals surface area contributed by atoms with E-state index in [1.165, 1.54) is 5.56 Å². The summed E-state index contributed by atoms with van der Waals surface area (Å²) in [5.41, 5.74) is 3.43. The third-order valence-corrected chi connectivity index (χ3v) is 3.35. The van der Waals surface area contributed by atoms with Crippen LogP contribution in [0.5, 0.6) is 0 Å². The van der Waals surface area contributed by atoms with Crippen molar-refractivity contribution in [3.05, 3.63) is 60.3 Å². The Balaban J connectivity index is 1.94. The Morgan fingerprint density at radius 1 is 0.950 bits per heavy atom. The van der Waals surface area contributed by atoms with Crippen molar-refractivity contribution in [2.45, 2.75) is 20.3 Å². The molecule has 0 aliphatic carbocycles. The monoisotopic (exact) mass is 262 g/mol. The van der Waals surface area contributed by atoms with Crippen molar-refractivity contribution >= 4 is 10.9 Å². The Kier molecular flexibility index (Phi) is 3.46. The van der Waals surface area contributed by atoms with Crippen LogP contribution in [0.15, 0.2) is 54.7 Å². The number of benzene rings is 2. The van der Waals surface area contributed by atoms with E-state index in [0.29, 0.717) is 5.92 Å². The summed E-state index contributed by atoms with van der Waals surface area (Å²) < 4.78 is 0. The van der Waals surface area contributed by atoms with Crippen LogP contribution in [0.2, 0.25) is 0 Å². The van der Waals surface area contributed by atoms with Gasteiger partial charge >= 0.3 is 0 Å². The van der Waals surface area contributed by atoms with Crippen molar-refractivity contribution in [3.8, 4) is 11.4 Å². The fourth-order valence-corrected chi connectivity index (χ4v) is 2.37. The van der Waals surface area contributed by atoms with Crippen LogP contribution in [0, 0.1) is 5.92 Å². The van der Waals surface area contributed by atoms with E-state index in [-0.39, 0.29) is 0 Å². The van der Waals surface area contributed by atoms with E-state index < -0.39 is 0 Å². The van der Waals surface area contributed by atoms with E-state index in [1.54, 1.807) is 0 Å². The Bertz CT molecular complexity index is 715. The Hall–Kier alpha value is -2.22. The quantitative estimate of drug-likeness (QED) is 0.694. The van der Waals surface area contributed by atoms with Crippen LogP contribution in [0.4, 0.5) is 0 Å². The first-order chi connectivity index (χ1) is 9.72. The van der Waals surface area contributed by atoms with Crippen LogP contribution in [0.25, 0.3) is 22.3 Å². The van der Waals surface area contributed by atoms with Gasteiger partial charge in [-0.2, -0.15) is 0 Å². The lowest BCUT2D eigenvalue weighted by Gasteiger charge is -2.06. The zero-order valence-electron chi connectivity index (χ0n) is 11.9. The van der Waals surface area contributed by atoms with E-state index >= 15 is 0 Å². The number of para-hydroxylation sites is 1. The van der Waals surface area contributed by atoms with Gasteiger partial charge in [0, 0.05) is 17.1 Å². The highest BCUT2D eigenvalue weighted by Crippen LogP contribution is 2.19. The molecule has 0 atom stereocenters. The van der Waals surface area contributed by atoms with Crippen LogP contribution >= 0.6 is 0 Å². The summed E-state index contributed by atoms with van der Waals surface area (Å²) in [4.78, 5) is 9.08.